The average Bonchev–Trinajstić information content (AvgIpc) is 3.24. The van der Waals surface area contributed by atoms with Gasteiger partial charge in [-0.1, -0.05) is 18.2 Å². The maximum absolute atomic E-state index is 12.7. The number of carbonyl (C=O) groups excluding carboxylic acids is 2. The Bertz CT molecular complexity index is 1030. The molecule has 2 heterocycles. The first-order valence-corrected chi connectivity index (χ1v) is 12.0. The minimum Gasteiger partial charge on any atom is -0.448 e. The number of ketones is 1. The van der Waals surface area contributed by atoms with Gasteiger partial charge in [0.15, 0.2) is 5.78 Å². The molecule has 7 heteroatoms. The highest BCUT2D eigenvalue weighted by Gasteiger charge is 2.25. The van der Waals surface area contributed by atoms with Gasteiger partial charge in [-0.15, -0.1) is 11.3 Å². The Balaban J connectivity index is 1.19. The van der Waals surface area contributed by atoms with Crippen molar-refractivity contribution in [3.05, 3.63) is 63.0 Å². The van der Waals surface area contributed by atoms with Crippen LogP contribution in [0.15, 0.2) is 53.9 Å². The second-order valence-electron chi connectivity index (χ2n) is 7.39. The van der Waals surface area contributed by atoms with Crippen LogP contribution in [-0.4, -0.2) is 43.0 Å². The summed E-state index contributed by atoms with van der Waals surface area (Å²) in [5, 5.41) is 5.87. The number of piperidine rings is 1. The summed E-state index contributed by atoms with van der Waals surface area (Å²) in [6.45, 7) is 2.71. The molecule has 1 aliphatic heterocycles. The molecule has 156 valence electrons. The third-order valence-electron chi connectivity index (χ3n) is 5.46. The fraction of sp³-hybridized carbons (Fsp3) is 0.304. The summed E-state index contributed by atoms with van der Waals surface area (Å²) < 4.78 is 7.64. The predicted octanol–water partition coefficient (Wildman–Crippen LogP) is 5.65. The molecular formula is C23H23IN2O3S. The van der Waals surface area contributed by atoms with E-state index >= 15 is 0 Å². The van der Waals surface area contributed by atoms with E-state index in [2.05, 4.69) is 32.8 Å². The predicted molar refractivity (Wildman–Crippen MR) is 129 cm³/mol. The summed E-state index contributed by atoms with van der Waals surface area (Å²) in [6, 6.07) is 15.6. The molecule has 5 nitrogen and oxygen atoms in total. The number of hydrogen-bond acceptors (Lipinski definition) is 5. The summed E-state index contributed by atoms with van der Waals surface area (Å²) in [5.41, 5.74) is 1.57. The van der Waals surface area contributed by atoms with Crippen LogP contribution in [-0.2, 0) is 4.74 Å². The molecule has 1 N–H and O–H groups in total. The van der Waals surface area contributed by atoms with Gasteiger partial charge in [-0.25, -0.2) is 4.79 Å². The number of nitrogens with zero attached hydrogens (tertiary/aromatic N) is 1. The zero-order valence-electron chi connectivity index (χ0n) is 16.5. The molecule has 3 aromatic rings. The Morgan fingerprint density at radius 2 is 1.87 bits per heavy atom. The van der Waals surface area contributed by atoms with E-state index < -0.39 is 6.09 Å². The number of thiophene rings is 1. The van der Waals surface area contributed by atoms with Crippen LogP contribution in [0.2, 0.25) is 0 Å². The van der Waals surface area contributed by atoms with Crippen molar-refractivity contribution in [3.63, 3.8) is 0 Å². The Labute approximate surface area is 193 Å². The van der Waals surface area contributed by atoms with Crippen LogP contribution in [0.5, 0.6) is 0 Å². The number of amides is 1. The summed E-state index contributed by atoms with van der Waals surface area (Å²) in [7, 11) is 0. The van der Waals surface area contributed by atoms with Gasteiger partial charge >= 0.3 is 6.09 Å². The first-order chi connectivity index (χ1) is 14.6. The number of rotatable bonds is 6. The number of likely N-dealkylation sites (tertiary alicyclic amines) is 1. The molecule has 30 heavy (non-hydrogen) atoms. The summed E-state index contributed by atoms with van der Waals surface area (Å²) >= 11 is 3.89. The quantitative estimate of drug-likeness (QED) is 0.328. The van der Waals surface area contributed by atoms with Gasteiger partial charge in [0.2, 0.25) is 0 Å². The molecule has 1 aliphatic rings. The highest BCUT2D eigenvalue weighted by atomic mass is 127. The molecule has 1 aromatic heterocycles. The summed E-state index contributed by atoms with van der Waals surface area (Å²) in [6.07, 6.45) is 1.26. The lowest BCUT2D eigenvalue weighted by Crippen LogP contribution is -2.38. The van der Waals surface area contributed by atoms with E-state index in [1.165, 1.54) is 0 Å². The molecular weight excluding hydrogens is 511 g/mol. The Morgan fingerprint density at radius 1 is 1.10 bits per heavy atom. The molecule has 2 aromatic carbocycles. The van der Waals surface area contributed by atoms with Crippen molar-refractivity contribution in [2.75, 3.05) is 31.6 Å². The second kappa shape index (κ2) is 9.89. The fourth-order valence-electron chi connectivity index (χ4n) is 3.79. The smallest absolute Gasteiger partial charge is 0.411 e. The molecule has 0 unspecified atom stereocenters. The van der Waals surface area contributed by atoms with E-state index in [-0.39, 0.29) is 11.7 Å². The van der Waals surface area contributed by atoms with Gasteiger partial charge in [-0.2, -0.15) is 0 Å². The van der Waals surface area contributed by atoms with E-state index in [0.29, 0.717) is 13.2 Å². The normalized spacial score (nSPS) is 15.2. The lowest BCUT2D eigenvalue weighted by molar-refractivity contribution is 0.0813. The van der Waals surface area contributed by atoms with Crippen molar-refractivity contribution in [2.24, 2.45) is 5.92 Å². The number of halogens is 1. The van der Waals surface area contributed by atoms with Gasteiger partial charge in [0.1, 0.15) is 6.61 Å². The number of benzene rings is 2. The fourth-order valence-corrected chi connectivity index (χ4v) is 4.96. The van der Waals surface area contributed by atoms with E-state index in [1.54, 1.807) is 11.3 Å². The van der Waals surface area contributed by atoms with E-state index in [4.69, 9.17) is 4.74 Å². The van der Waals surface area contributed by atoms with Crippen LogP contribution in [0.3, 0.4) is 0 Å². The number of carbonyl (C=O) groups is 2. The highest BCUT2D eigenvalue weighted by Crippen LogP contribution is 2.28. The maximum Gasteiger partial charge on any atom is 0.411 e. The highest BCUT2D eigenvalue weighted by molar-refractivity contribution is 14.1. The van der Waals surface area contributed by atoms with Crippen molar-refractivity contribution in [1.29, 1.82) is 0 Å². The van der Waals surface area contributed by atoms with Crippen molar-refractivity contribution >= 4 is 61.6 Å². The Morgan fingerprint density at radius 3 is 2.63 bits per heavy atom. The van der Waals surface area contributed by atoms with Gasteiger partial charge in [0.05, 0.1) is 5.69 Å². The first kappa shape index (κ1) is 21.3. The largest absolute Gasteiger partial charge is 0.448 e. The molecule has 4 rings (SSSR count). The summed E-state index contributed by atoms with van der Waals surface area (Å²) in [5.74, 6) is 0.320. The van der Waals surface area contributed by atoms with Crippen molar-refractivity contribution < 1.29 is 14.3 Å². The molecule has 0 bridgehead atoms. The molecule has 0 atom stereocenters. The van der Waals surface area contributed by atoms with Gasteiger partial charge in [-0.3, -0.25) is 15.0 Å². The molecule has 1 amide bonds. The molecule has 0 aliphatic carbocycles. The van der Waals surface area contributed by atoms with Crippen LogP contribution in [0.1, 0.15) is 23.2 Å². The van der Waals surface area contributed by atoms with Crippen LogP contribution in [0.25, 0.3) is 10.1 Å². The monoisotopic (exact) mass is 534 g/mol. The van der Waals surface area contributed by atoms with E-state index in [9.17, 15) is 9.59 Å². The third kappa shape index (κ3) is 5.19. The van der Waals surface area contributed by atoms with Crippen molar-refractivity contribution in [2.45, 2.75) is 12.8 Å². The van der Waals surface area contributed by atoms with Gasteiger partial charge in [-0.05, 0) is 84.2 Å². The SMILES string of the molecule is O=C(Nc1cccc2sccc12)OCCN1CCC(C(=O)c2ccc(I)cc2)CC1. The Hall–Kier alpha value is -1.97. The first-order valence-electron chi connectivity index (χ1n) is 10.0. The second-order valence-corrected chi connectivity index (χ2v) is 9.58. The molecule has 0 saturated carbocycles. The zero-order chi connectivity index (χ0) is 20.9. The Kier molecular flexibility index (Phi) is 7.01. The van der Waals surface area contributed by atoms with Crippen LogP contribution < -0.4 is 5.32 Å². The minimum atomic E-state index is -0.433. The zero-order valence-corrected chi connectivity index (χ0v) is 19.4. The van der Waals surface area contributed by atoms with Crippen molar-refractivity contribution in [1.82, 2.24) is 4.90 Å². The third-order valence-corrected chi connectivity index (χ3v) is 7.06. The topological polar surface area (TPSA) is 58.6 Å². The number of fused-ring (bicyclic) bond motifs is 1. The minimum absolute atomic E-state index is 0.0802. The van der Waals surface area contributed by atoms with E-state index in [1.807, 2.05) is 53.9 Å². The number of hydrogen-bond donors (Lipinski definition) is 1. The average molecular weight is 534 g/mol. The van der Waals surface area contributed by atoms with Crippen LogP contribution >= 0.6 is 33.9 Å². The van der Waals surface area contributed by atoms with Crippen LogP contribution in [0, 0.1) is 9.49 Å². The number of Topliss-reactive ketones (excluding diaryl/α,β-unsaturated/α-hetero) is 1. The maximum atomic E-state index is 12.7. The van der Waals surface area contributed by atoms with E-state index in [0.717, 1.165) is 50.8 Å². The lowest BCUT2D eigenvalue weighted by atomic mass is 9.89. The molecule has 0 radical (unpaired) electrons. The van der Waals surface area contributed by atoms with Gasteiger partial charge < -0.3 is 4.74 Å². The molecule has 1 fully saturated rings. The number of ether oxygens (including phenoxy) is 1. The standard InChI is InChI=1S/C23H23IN2O3S/c24-18-6-4-16(5-7-18)22(27)17-8-11-26(12-9-17)13-14-29-23(28)25-20-2-1-3-21-19(20)10-15-30-21/h1-7,10,15,17H,8-9,11-14H2,(H,25,28). The van der Waals surface area contributed by atoms with Gasteiger partial charge in [0.25, 0.3) is 0 Å². The molecule has 1 saturated heterocycles. The van der Waals surface area contributed by atoms with Crippen LogP contribution in [0.4, 0.5) is 10.5 Å². The number of nitrogens with one attached hydrogen (secondary N) is 1. The van der Waals surface area contributed by atoms with Gasteiger partial charge in [0, 0.05) is 31.7 Å². The van der Waals surface area contributed by atoms with Crippen molar-refractivity contribution in [3.8, 4) is 0 Å². The molecule has 0 spiro atoms. The lowest BCUT2D eigenvalue weighted by Gasteiger charge is -2.31. The summed E-state index contributed by atoms with van der Waals surface area (Å²) in [4.78, 5) is 27.1. The number of anilines is 1.